The number of hydrogen-bond acceptors (Lipinski definition) is 5. The predicted octanol–water partition coefficient (Wildman–Crippen LogP) is 1.84. The second-order valence-corrected chi connectivity index (χ2v) is 4.77. The molecule has 0 unspecified atom stereocenters. The molecule has 1 amide bonds. The van der Waals surface area contributed by atoms with Crippen LogP contribution >= 0.6 is 0 Å². The number of nitrogens with one attached hydrogen (secondary N) is 1. The highest BCUT2D eigenvalue weighted by Gasteiger charge is 2.03. The van der Waals surface area contributed by atoms with Crippen molar-refractivity contribution >= 4 is 16.8 Å². The zero-order valence-corrected chi connectivity index (χ0v) is 12.8. The lowest BCUT2D eigenvalue weighted by atomic mass is 10.2. The number of nitrogens with zero attached hydrogens (tertiary/aromatic N) is 3. The summed E-state index contributed by atoms with van der Waals surface area (Å²) in [5, 5.41) is 3.70. The molecule has 1 N–H and O–H groups in total. The van der Waals surface area contributed by atoms with Gasteiger partial charge >= 0.3 is 0 Å². The van der Waals surface area contributed by atoms with Gasteiger partial charge in [0.15, 0.2) is 0 Å². The largest absolute Gasteiger partial charge is 0.481 e. The monoisotopic (exact) mass is 318 g/mol. The normalized spacial score (nSPS) is 9.83. The van der Waals surface area contributed by atoms with Gasteiger partial charge in [0.1, 0.15) is 18.1 Å². The summed E-state index contributed by atoms with van der Waals surface area (Å²) in [6.07, 6.45) is 6.12. The van der Waals surface area contributed by atoms with Gasteiger partial charge in [-0.25, -0.2) is 4.98 Å². The molecule has 2 aromatic heterocycles. The Kier molecular flexibility index (Phi) is 4.95. The molecule has 0 aliphatic carbocycles. The minimum absolute atomic E-state index is 0.220. The molecule has 0 aliphatic rings. The molecular formula is C18H14N4O2. The summed E-state index contributed by atoms with van der Waals surface area (Å²) in [5.41, 5.74) is 1.14. The molecule has 6 heteroatoms. The van der Waals surface area contributed by atoms with Crippen molar-refractivity contribution < 1.29 is 9.53 Å². The molecule has 24 heavy (non-hydrogen) atoms. The molecule has 0 saturated heterocycles. The maximum absolute atomic E-state index is 11.7. The Bertz CT molecular complexity index is 901. The molecule has 1 aromatic carbocycles. The summed E-state index contributed by atoms with van der Waals surface area (Å²) in [6, 6.07) is 9.58. The zero-order chi connectivity index (χ0) is 16.6. The van der Waals surface area contributed by atoms with E-state index < -0.39 is 0 Å². The van der Waals surface area contributed by atoms with E-state index in [-0.39, 0.29) is 24.8 Å². The van der Waals surface area contributed by atoms with Gasteiger partial charge in [-0.15, -0.1) is 0 Å². The summed E-state index contributed by atoms with van der Waals surface area (Å²) >= 11 is 0. The molecule has 0 atom stereocenters. The quantitative estimate of drug-likeness (QED) is 0.743. The van der Waals surface area contributed by atoms with Gasteiger partial charge in [0, 0.05) is 30.0 Å². The lowest BCUT2D eigenvalue weighted by molar-refractivity contribution is 0.0953. The fourth-order valence-corrected chi connectivity index (χ4v) is 2.00. The summed E-state index contributed by atoms with van der Waals surface area (Å²) < 4.78 is 5.56. The molecule has 0 bridgehead atoms. The van der Waals surface area contributed by atoms with Gasteiger partial charge in [-0.05, 0) is 18.2 Å². The molecule has 0 spiro atoms. The fourth-order valence-electron chi connectivity index (χ4n) is 2.00. The summed E-state index contributed by atoms with van der Waals surface area (Å²) in [4.78, 5) is 23.7. The highest BCUT2D eigenvalue weighted by atomic mass is 16.5. The van der Waals surface area contributed by atoms with E-state index >= 15 is 0 Å². The van der Waals surface area contributed by atoms with Crippen LogP contribution in [0.5, 0.6) is 5.75 Å². The van der Waals surface area contributed by atoms with Gasteiger partial charge in [0.2, 0.25) is 0 Å². The fraction of sp³-hybridized carbons (Fsp3) is 0.111. The molecular weight excluding hydrogens is 304 g/mol. The van der Waals surface area contributed by atoms with Gasteiger partial charge in [-0.3, -0.25) is 14.8 Å². The molecule has 0 saturated carbocycles. The maximum atomic E-state index is 11.7. The average Bonchev–Trinajstić information content (AvgIpc) is 2.65. The van der Waals surface area contributed by atoms with Crippen LogP contribution in [0, 0.1) is 11.8 Å². The van der Waals surface area contributed by atoms with E-state index in [9.17, 15) is 4.79 Å². The van der Waals surface area contributed by atoms with E-state index in [0.29, 0.717) is 5.75 Å². The Balaban J connectivity index is 1.46. The number of amides is 1. The third-order valence-corrected chi connectivity index (χ3v) is 3.15. The van der Waals surface area contributed by atoms with Crippen molar-refractivity contribution in [3.05, 3.63) is 60.8 Å². The van der Waals surface area contributed by atoms with E-state index in [2.05, 4.69) is 32.1 Å². The first-order chi connectivity index (χ1) is 11.8. The van der Waals surface area contributed by atoms with Gasteiger partial charge in [-0.2, -0.15) is 0 Å². The van der Waals surface area contributed by atoms with Gasteiger partial charge in [0.25, 0.3) is 5.91 Å². The SMILES string of the molecule is O=C(NCC#CCOc1ccc2cccnc2c1)c1cnccn1. The summed E-state index contributed by atoms with van der Waals surface area (Å²) in [6.45, 7) is 0.456. The topological polar surface area (TPSA) is 77.0 Å². The minimum Gasteiger partial charge on any atom is -0.481 e. The second-order valence-electron chi connectivity index (χ2n) is 4.77. The lowest BCUT2D eigenvalue weighted by Crippen LogP contribution is -2.24. The standard InChI is InChI=1S/C18H14N4O2/c23-18(17-13-19-9-10-21-17)22-7-1-2-11-24-15-6-5-14-4-3-8-20-16(14)12-15/h3-6,8-10,12-13H,7,11H2,(H,22,23). The van der Waals surface area contributed by atoms with Crippen molar-refractivity contribution in [2.45, 2.75) is 0 Å². The van der Waals surface area contributed by atoms with E-state index in [4.69, 9.17) is 4.74 Å². The van der Waals surface area contributed by atoms with Gasteiger partial charge < -0.3 is 10.1 Å². The number of carbonyl (C=O) groups excluding carboxylic acids is 1. The number of fused-ring (bicyclic) bond motifs is 1. The predicted molar refractivity (Wildman–Crippen MR) is 89.4 cm³/mol. The van der Waals surface area contributed by atoms with Crippen molar-refractivity contribution in [2.24, 2.45) is 0 Å². The highest BCUT2D eigenvalue weighted by Crippen LogP contribution is 2.18. The van der Waals surface area contributed by atoms with E-state index in [0.717, 1.165) is 10.9 Å². The molecule has 0 aliphatic heterocycles. The van der Waals surface area contributed by atoms with Crippen LogP contribution in [0.1, 0.15) is 10.5 Å². The molecule has 0 fully saturated rings. The molecule has 3 rings (SSSR count). The Morgan fingerprint density at radius 1 is 1.12 bits per heavy atom. The Hall–Kier alpha value is -3.46. The van der Waals surface area contributed by atoms with Crippen LogP contribution < -0.4 is 10.1 Å². The second kappa shape index (κ2) is 7.70. The van der Waals surface area contributed by atoms with Crippen LogP contribution in [0.15, 0.2) is 55.1 Å². The van der Waals surface area contributed by atoms with Crippen molar-refractivity contribution in [2.75, 3.05) is 13.2 Å². The average molecular weight is 318 g/mol. The Morgan fingerprint density at radius 3 is 2.96 bits per heavy atom. The maximum Gasteiger partial charge on any atom is 0.272 e. The number of benzene rings is 1. The van der Waals surface area contributed by atoms with Crippen LogP contribution in [0.3, 0.4) is 0 Å². The number of rotatable bonds is 4. The molecule has 0 radical (unpaired) electrons. The van der Waals surface area contributed by atoms with Crippen molar-refractivity contribution in [3.8, 4) is 17.6 Å². The third kappa shape index (κ3) is 4.05. The molecule has 118 valence electrons. The first-order valence-corrected chi connectivity index (χ1v) is 7.30. The number of pyridine rings is 1. The number of hydrogen-bond donors (Lipinski definition) is 1. The van der Waals surface area contributed by atoms with Crippen LogP contribution in [0.2, 0.25) is 0 Å². The first-order valence-electron chi connectivity index (χ1n) is 7.30. The van der Waals surface area contributed by atoms with Crippen LogP contribution in [-0.2, 0) is 0 Å². The molecule has 2 heterocycles. The molecule has 6 nitrogen and oxygen atoms in total. The van der Waals surface area contributed by atoms with Crippen molar-refractivity contribution in [1.29, 1.82) is 0 Å². The van der Waals surface area contributed by atoms with Gasteiger partial charge in [0.05, 0.1) is 18.3 Å². The number of aromatic nitrogens is 3. The third-order valence-electron chi connectivity index (χ3n) is 3.15. The number of carbonyl (C=O) groups is 1. The van der Waals surface area contributed by atoms with E-state index in [1.165, 1.54) is 18.6 Å². The Labute approximate surface area is 138 Å². The first kappa shape index (κ1) is 15.4. The Morgan fingerprint density at radius 2 is 2.08 bits per heavy atom. The minimum atomic E-state index is -0.307. The van der Waals surface area contributed by atoms with Crippen molar-refractivity contribution in [1.82, 2.24) is 20.3 Å². The van der Waals surface area contributed by atoms with E-state index in [1.807, 2.05) is 30.3 Å². The highest BCUT2D eigenvalue weighted by molar-refractivity contribution is 5.92. The number of ether oxygens (including phenoxy) is 1. The van der Waals surface area contributed by atoms with Gasteiger partial charge in [-0.1, -0.05) is 17.9 Å². The zero-order valence-electron chi connectivity index (χ0n) is 12.8. The smallest absolute Gasteiger partial charge is 0.272 e. The van der Waals surface area contributed by atoms with Crippen LogP contribution in [0.25, 0.3) is 10.9 Å². The lowest BCUT2D eigenvalue weighted by Gasteiger charge is -2.03. The van der Waals surface area contributed by atoms with E-state index in [1.54, 1.807) is 6.20 Å². The van der Waals surface area contributed by atoms with Crippen LogP contribution in [-0.4, -0.2) is 34.0 Å². The van der Waals surface area contributed by atoms with Crippen LogP contribution in [0.4, 0.5) is 0 Å². The summed E-state index contributed by atoms with van der Waals surface area (Å²) in [7, 11) is 0. The molecule has 3 aromatic rings. The van der Waals surface area contributed by atoms with Crippen molar-refractivity contribution in [3.63, 3.8) is 0 Å². The summed E-state index contributed by atoms with van der Waals surface area (Å²) in [5.74, 6) is 6.07.